The van der Waals surface area contributed by atoms with Crippen molar-refractivity contribution >= 4 is 5.78 Å². The van der Waals surface area contributed by atoms with Gasteiger partial charge in [0.15, 0.2) is 5.78 Å². The van der Waals surface area contributed by atoms with Gasteiger partial charge in [-0.25, -0.2) is 0 Å². The second kappa shape index (κ2) is 7.42. The fraction of sp³-hybridized carbons (Fsp3) is 0.350. The van der Waals surface area contributed by atoms with E-state index >= 15 is 0 Å². The molecule has 0 atom stereocenters. The first-order chi connectivity index (χ1) is 11.3. The van der Waals surface area contributed by atoms with Crippen LogP contribution in [0.3, 0.4) is 0 Å². The number of hydrogen-bond donors (Lipinski definition) is 0. The number of Topliss-reactive ketones (excluding diaryl/α,β-unsaturated/α-hetero) is 1. The van der Waals surface area contributed by atoms with Crippen LogP contribution in [-0.2, 0) is 0 Å². The number of nitrogens with zero attached hydrogens (tertiary/aromatic N) is 1. The van der Waals surface area contributed by atoms with Crippen LogP contribution in [0.1, 0.15) is 29.6 Å². The number of piperidine rings is 1. The Morgan fingerprint density at radius 2 is 1.78 bits per heavy atom. The van der Waals surface area contributed by atoms with Gasteiger partial charge in [-0.3, -0.25) is 9.69 Å². The van der Waals surface area contributed by atoms with Gasteiger partial charge in [-0.2, -0.15) is 0 Å². The minimum Gasteiger partial charge on any atom is -0.496 e. The Hall–Kier alpha value is -2.13. The van der Waals surface area contributed by atoms with Crippen molar-refractivity contribution < 1.29 is 9.53 Å². The molecule has 0 radical (unpaired) electrons. The lowest BCUT2D eigenvalue weighted by Gasteiger charge is -2.25. The molecule has 3 heteroatoms. The van der Waals surface area contributed by atoms with Crippen LogP contribution in [0.4, 0.5) is 0 Å². The van der Waals surface area contributed by atoms with Crippen LogP contribution in [-0.4, -0.2) is 37.4 Å². The van der Waals surface area contributed by atoms with E-state index in [1.165, 1.54) is 19.3 Å². The predicted molar refractivity (Wildman–Crippen MR) is 93.1 cm³/mol. The molecule has 0 bridgehead atoms. The van der Waals surface area contributed by atoms with E-state index in [1.54, 1.807) is 7.11 Å². The van der Waals surface area contributed by atoms with Crippen molar-refractivity contribution in [1.82, 2.24) is 4.90 Å². The molecule has 1 fully saturated rings. The predicted octanol–water partition coefficient (Wildman–Crippen LogP) is 4.03. The molecule has 23 heavy (non-hydrogen) atoms. The fourth-order valence-electron chi connectivity index (χ4n) is 3.14. The first kappa shape index (κ1) is 15.8. The topological polar surface area (TPSA) is 29.5 Å². The zero-order chi connectivity index (χ0) is 16.1. The quantitative estimate of drug-likeness (QED) is 0.781. The Balaban J connectivity index is 1.84. The Labute approximate surface area is 137 Å². The third-order valence-corrected chi connectivity index (χ3v) is 4.42. The molecule has 2 aromatic carbocycles. The highest BCUT2D eigenvalue weighted by Crippen LogP contribution is 2.31. The van der Waals surface area contributed by atoms with Gasteiger partial charge in [0.1, 0.15) is 5.75 Å². The Morgan fingerprint density at radius 3 is 2.48 bits per heavy atom. The molecule has 3 rings (SSSR count). The minimum atomic E-state index is 0.187. The van der Waals surface area contributed by atoms with Crippen LogP contribution in [0.15, 0.2) is 48.5 Å². The number of carbonyl (C=O) groups is 1. The third kappa shape index (κ3) is 3.80. The van der Waals surface area contributed by atoms with E-state index in [9.17, 15) is 4.79 Å². The highest BCUT2D eigenvalue weighted by molar-refractivity contribution is 5.99. The first-order valence-electron chi connectivity index (χ1n) is 8.27. The number of rotatable bonds is 5. The van der Waals surface area contributed by atoms with E-state index in [2.05, 4.69) is 4.90 Å². The number of benzene rings is 2. The van der Waals surface area contributed by atoms with E-state index in [0.29, 0.717) is 6.54 Å². The van der Waals surface area contributed by atoms with E-state index in [0.717, 1.165) is 35.5 Å². The summed E-state index contributed by atoms with van der Waals surface area (Å²) in [7, 11) is 1.66. The van der Waals surface area contributed by atoms with Gasteiger partial charge in [-0.1, -0.05) is 36.8 Å². The minimum absolute atomic E-state index is 0.187. The number of likely N-dealkylation sites (tertiary alicyclic amines) is 1. The summed E-state index contributed by atoms with van der Waals surface area (Å²) in [6, 6.07) is 15.8. The van der Waals surface area contributed by atoms with Gasteiger partial charge in [0, 0.05) is 11.1 Å². The smallest absolute Gasteiger partial charge is 0.176 e. The number of carbonyl (C=O) groups excluding carboxylic acids is 1. The van der Waals surface area contributed by atoms with Crippen molar-refractivity contribution in [2.75, 3.05) is 26.7 Å². The van der Waals surface area contributed by atoms with E-state index in [4.69, 9.17) is 4.74 Å². The molecule has 0 saturated carbocycles. The lowest BCUT2D eigenvalue weighted by Crippen LogP contribution is -2.34. The average molecular weight is 309 g/mol. The molecule has 0 N–H and O–H groups in total. The maximum Gasteiger partial charge on any atom is 0.176 e. The molecule has 3 nitrogen and oxygen atoms in total. The second-order valence-corrected chi connectivity index (χ2v) is 6.04. The molecule has 120 valence electrons. The normalized spacial score (nSPS) is 15.3. The van der Waals surface area contributed by atoms with Gasteiger partial charge in [0.05, 0.1) is 13.7 Å². The van der Waals surface area contributed by atoms with Crippen LogP contribution in [0.5, 0.6) is 5.75 Å². The van der Waals surface area contributed by atoms with Crippen LogP contribution in [0.2, 0.25) is 0 Å². The summed E-state index contributed by atoms with van der Waals surface area (Å²) in [4.78, 5) is 14.9. The molecular weight excluding hydrogens is 286 g/mol. The van der Waals surface area contributed by atoms with Gasteiger partial charge in [0.2, 0.25) is 0 Å². The molecule has 0 spiro atoms. The number of methoxy groups -OCH3 is 1. The molecular formula is C20H23NO2. The molecule has 0 aromatic heterocycles. The highest BCUT2D eigenvalue weighted by Gasteiger charge is 2.16. The first-order valence-corrected chi connectivity index (χ1v) is 8.27. The van der Waals surface area contributed by atoms with Crippen molar-refractivity contribution in [3.05, 3.63) is 54.1 Å². The standard InChI is InChI=1S/C20H23NO2/c1-23-20-11-10-17(14-18(20)16-8-4-2-5-9-16)19(22)15-21-12-6-3-7-13-21/h2,4-5,8-11,14H,3,6-7,12-13,15H2,1H3. The summed E-state index contributed by atoms with van der Waals surface area (Å²) >= 11 is 0. The molecule has 1 saturated heterocycles. The molecule has 0 aliphatic carbocycles. The Morgan fingerprint density at radius 1 is 1.04 bits per heavy atom. The van der Waals surface area contributed by atoms with Gasteiger partial charge in [-0.05, 0) is 49.7 Å². The SMILES string of the molecule is COc1ccc(C(=O)CN2CCCCC2)cc1-c1ccccc1. The molecule has 0 amide bonds. The summed E-state index contributed by atoms with van der Waals surface area (Å²) in [6.07, 6.45) is 3.68. The van der Waals surface area contributed by atoms with Gasteiger partial charge in [0.25, 0.3) is 0 Å². The number of hydrogen-bond acceptors (Lipinski definition) is 3. The maximum atomic E-state index is 12.6. The van der Waals surface area contributed by atoms with Crippen LogP contribution in [0, 0.1) is 0 Å². The van der Waals surface area contributed by atoms with Gasteiger partial charge >= 0.3 is 0 Å². The monoisotopic (exact) mass is 309 g/mol. The largest absolute Gasteiger partial charge is 0.496 e. The number of ketones is 1. The molecule has 1 aliphatic heterocycles. The summed E-state index contributed by atoms with van der Waals surface area (Å²) in [5.41, 5.74) is 2.80. The summed E-state index contributed by atoms with van der Waals surface area (Å²) < 4.78 is 5.46. The fourth-order valence-corrected chi connectivity index (χ4v) is 3.14. The zero-order valence-electron chi connectivity index (χ0n) is 13.6. The maximum absolute atomic E-state index is 12.6. The summed E-state index contributed by atoms with van der Waals surface area (Å²) in [5.74, 6) is 0.984. The van der Waals surface area contributed by atoms with Crippen molar-refractivity contribution in [2.24, 2.45) is 0 Å². The average Bonchev–Trinajstić information content (AvgIpc) is 2.62. The second-order valence-electron chi connectivity index (χ2n) is 6.04. The lowest BCUT2D eigenvalue weighted by molar-refractivity contribution is 0.0915. The van der Waals surface area contributed by atoms with Crippen molar-refractivity contribution in [1.29, 1.82) is 0 Å². The Kier molecular flexibility index (Phi) is 5.09. The van der Waals surface area contributed by atoms with E-state index < -0.39 is 0 Å². The number of ether oxygens (including phenoxy) is 1. The Bertz CT molecular complexity index is 661. The summed E-state index contributed by atoms with van der Waals surface area (Å²) in [5, 5.41) is 0. The van der Waals surface area contributed by atoms with Crippen LogP contribution >= 0.6 is 0 Å². The summed E-state index contributed by atoms with van der Waals surface area (Å²) in [6.45, 7) is 2.58. The van der Waals surface area contributed by atoms with Crippen LogP contribution < -0.4 is 4.74 Å². The van der Waals surface area contributed by atoms with Crippen molar-refractivity contribution in [3.63, 3.8) is 0 Å². The van der Waals surface area contributed by atoms with Crippen molar-refractivity contribution in [3.8, 4) is 16.9 Å². The molecule has 1 aliphatic rings. The van der Waals surface area contributed by atoms with Gasteiger partial charge in [-0.15, -0.1) is 0 Å². The lowest BCUT2D eigenvalue weighted by atomic mass is 9.99. The van der Waals surface area contributed by atoms with Crippen molar-refractivity contribution in [2.45, 2.75) is 19.3 Å². The van der Waals surface area contributed by atoms with E-state index in [1.807, 2.05) is 48.5 Å². The van der Waals surface area contributed by atoms with Gasteiger partial charge < -0.3 is 4.74 Å². The highest BCUT2D eigenvalue weighted by atomic mass is 16.5. The van der Waals surface area contributed by atoms with Crippen LogP contribution in [0.25, 0.3) is 11.1 Å². The van der Waals surface area contributed by atoms with E-state index in [-0.39, 0.29) is 5.78 Å². The molecule has 2 aromatic rings. The third-order valence-electron chi connectivity index (χ3n) is 4.42. The zero-order valence-corrected chi connectivity index (χ0v) is 13.6. The molecule has 0 unspecified atom stereocenters. The molecule has 1 heterocycles.